The highest BCUT2D eigenvalue weighted by Crippen LogP contribution is 2.30. The van der Waals surface area contributed by atoms with Crippen LogP contribution in [-0.2, 0) is 11.2 Å². The van der Waals surface area contributed by atoms with Crippen molar-refractivity contribution in [2.45, 2.75) is 19.3 Å². The van der Waals surface area contributed by atoms with Crippen molar-refractivity contribution < 1.29 is 4.79 Å². The highest BCUT2D eigenvalue weighted by atomic mass is 32.1. The number of para-hydroxylation sites is 1. The number of carbonyl (C=O) groups excluding carboxylic acids is 1. The Morgan fingerprint density at radius 3 is 2.52 bits per heavy atom. The number of hydrogen-bond donors (Lipinski definition) is 0. The van der Waals surface area contributed by atoms with Gasteiger partial charge in [-0.2, -0.15) is 0 Å². The van der Waals surface area contributed by atoms with Gasteiger partial charge in [0.25, 0.3) is 0 Å². The molecule has 1 aromatic heterocycles. The molecule has 1 aliphatic heterocycles. The molecule has 4 heteroatoms. The number of benzene rings is 2. The predicted octanol–water partition coefficient (Wildman–Crippen LogP) is 4.13. The number of amides is 1. The van der Waals surface area contributed by atoms with Gasteiger partial charge in [-0.15, -0.1) is 11.3 Å². The topological polar surface area (TPSA) is 33.2 Å². The van der Waals surface area contributed by atoms with Crippen LogP contribution in [0, 0.1) is 0 Å². The van der Waals surface area contributed by atoms with Gasteiger partial charge in [0.05, 0.1) is 16.6 Å². The van der Waals surface area contributed by atoms with Gasteiger partial charge >= 0.3 is 0 Å². The first-order valence-corrected chi connectivity index (χ1v) is 8.84. The number of likely N-dealkylation sites (tertiary alicyclic amines) is 1. The monoisotopic (exact) mass is 322 g/mol. The summed E-state index contributed by atoms with van der Waals surface area (Å²) in [4.78, 5) is 18.9. The zero-order valence-corrected chi connectivity index (χ0v) is 13.7. The number of rotatable bonds is 3. The van der Waals surface area contributed by atoms with E-state index in [0.717, 1.165) is 47.6 Å². The molecule has 0 atom stereocenters. The summed E-state index contributed by atoms with van der Waals surface area (Å²) in [5, 5.41) is 1.03. The molecule has 2 heterocycles. The fourth-order valence-electron chi connectivity index (χ4n) is 3.01. The van der Waals surface area contributed by atoms with E-state index in [0.29, 0.717) is 6.42 Å². The van der Waals surface area contributed by atoms with Gasteiger partial charge in [0, 0.05) is 18.7 Å². The maximum absolute atomic E-state index is 12.2. The van der Waals surface area contributed by atoms with Crippen LogP contribution in [-0.4, -0.2) is 28.9 Å². The quantitative estimate of drug-likeness (QED) is 0.726. The fraction of sp³-hybridized carbons (Fsp3) is 0.263. The lowest BCUT2D eigenvalue weighted by Gasteiger charge is -2.15. The van der Waals surface area contributed by atoms with E-state index in [9.17, 15) is 4.79 Å². The van der Waals surface area contributed by atoms with Gasteiger partial charge in [0.1, 0.15) is 5.01 Å². The van der Waals surface area contributed by atoms with E-state index in [1.54, 1.807) is 11.3 Å². The lowest BCUT2D eigenvalue weighted by atomic mass is 10.1. The molecule has 1 saturated heterocycles. The first-order chi connectivity index (χ1) is 11.3. The van der Waals surface area contributed by atoms with E-state index < -0.39 is 0 Å². The Labute approximate surface area is 139 Å². The summed E-state index contributed by atoms with van der Waals surface area (Å²) >= 11 is 1.70. The normalized spacial score (nSPS) is 14.5. The summed E-state index contributed by atoms with van der Waals surface area (Å²) in [5.74, 6) is 0.246. The molecule has 0 spiro atoms. The van der Waals surface area contributed by atoms with E-state index in [1.807, 2.05) is 23.1 Å². The zero-order chi connectivity index (χ0) is 15.6. The third kappa shape index (κ3) is 2.99. The molecule has 0 aliphatic carbocycles. The number of aromatic nitrogens is 1. The van der Waals surface area contributed by atoms with Crippen LogP contribution in [0.1, 0.15) is 18.4 Å². The smallest absolute Gasteiger partial charge is 0.226 e. The van der Waals surface area contributed by atoms with Crippen LogP contribution in [0.15, 0.2) is 48.5 Å². The molecular formula is C19H18N2OS. The second-order valence-electron chi connectivity index (χ2n) is 5.95. The molecule has 1 amide bonds. The molecule has 0 N–H and O–H groups in total. The number of hydrogen-bond acceptors (Lipinski definition) is 3. The fourth-order valence-corrected chi connectivity index (χ4v) is 3.98. The van der Waals surface area contributed by atoms with Crippen LogP contribution >= 0.6 is 11.3 Å². The molecule has 0 saturated carbocycles. The third-order valence-electron chi connectivity index (χ3n) is 4.31. The van der Waals surface area contributed by atoms with Crippen molar-refractivity contribution in [3.05, 3.63) is 54.1 Å². The summed E-state index contributed by atoms with van der Waals surface area (Å²) < 4.78 is 1.20. The average molecular weight is 322 g/mol. The second-order valence-corrected chi connectivity index (χ2v) is 6.98. The highest BCUT2D eigenvalue weighted by Gasteiger charge is 2.17. The van der Waals surface area contributed by atoms with E-state index >= 15 is 0 Å². The summed E-state index contributed by atoms with van der Waals surface area (Å²) in [6.45, 7) is 1.84. The minimum absolute atomic E-state index is 0.246. The molecule has 3 nitrogen and oxygen atoms in total. The number of fused-ring (bicyclic) bond motifs is 1. The Bertz CT molecular complexity index is 799. The highest BCUT2D eigenvalue weighted by molar-refractivity contribution is 7.21. The minimum Gasteiger partial charge on any atom is -0.342 e. The van der Waals surface area contributed by atoms with Gasteiger partial charge in [0.15, 0.2) is 0 Å². The van der Waals surface area contributed by atoms with Gasteiger partial charge in [-0.25, -0.2) is 4.98 Å². The molecular weight excluding hydrogens is 304 g/mol. The largest absolute Gasteiger partial charge is 0.342 e. The van der Waals surface area contributed by atoms with Gasteiger partial charge in [0.2, 0.25) is 5.91 Å². The molecule has 1 fully saturated rings. The molecule has 4 rings (SSSR count). The second kappa shape index (κ2) is 6.13. The zero-order valence-electron chi connectivity index (χ0n) is 12.9. The minimum atomic E-state index is 0.246. The summed E-state index contributed by atoms with van der Waals surface area (Å²) in [7, 11) is 0. The molecule has 3 aromatic rings. The van der Waals surface area contributed by atoms with Gasteiger partial charge < -0.3 is 4.90 Å². The van der Waals surface area contributed by atoms with Crippen LogP contribution in [0.3, 0.4) is 0 Å². The van der Waals surface area contributed by atoms with Crippen molar-refractivity contribution in [2.75, 3.05) is 13.1 Å². The average Bonchev–Trinajstić information content (AvgIpc) is 3.25. The van der Waals surface area contributed by atoms with Crippen molar-refractivity contribution in [3.63, 3.8) is 0 Å². The Balaban J connectivity index is 1.52. The number of nitrogens with zero attached hydrogens (tertiary/aromatic N) is 2. The first kappa shape index (κ1) is 14.4. The Kier molecular flexibility index (Phi) is 3.83. The van der Waals surface area contributed by atoms with Crippen LogP contribution in [0.5, 0.6) is 0 Å². The number of carbonyl (C=O) groups is 1. The predicted molar refractivity (Wildman–Crippen MR) is 94.6 cm³/mol. The maximum atomic E-state index is 12.2. The van der Waals surface area contributed by atoms with Crippen molar-refractivity contribution >= 4 is 27.5 Å². The molecule has 0 radical (unpaired) electrons. The maximum Gasteiger partial charge on any atom is 0.226 e. The molecule has 2 aromatic carbocycles. The molecule has 0 unspecified atom stereocenters. The SMILES string of the molecule is O=C(Cc1ccc(-c2nc3ccccc3s2)cc1)N1CCCC1. The molecule has 23 heavy (non-hydrogen) atoms. The van der Waals surface area contributed by atoms with Crippen LogP contribution in [0.2, 0.25) is 0 Å². The van der Waals surface area contributed by atoms with Crippen LogP contribution in [0.25, 0.3) is 20.8 Å². The van der Waals surface area contributed by atoms with Crippen molar-refractivity contribution in [1.29, 1.82) is 0 Å². The molecule has 0 bridgehead atoms. The molecule has 116 valence electrons. The van der Waals surface area contributed by atoms with Gasteiger partial charge in [-0.3, -0.25) is 4.79 Å². The van der Waals surface area contributed by atoms with Gasteiger partial charge in [-0.1, -0.05) is 36.4 Å². The Hall–Kier alpha value is -2.20. The lowest BCUT2D eigenvalue weighted by molar-refractivity contribution is -0.129. The van der Waals surface area contributed by atoms with Gasteiger partial charge in [-0.05, 0) is 30.5 Å². The standard InChI is InChI=1S/C19H18N2OS/c22-18(21-11-3-4-12-21)13-14-7-9-15(10-8-14)19-20-16-5-1-2-6-17(16)23-19/h1-2,5-10H,3-4,11-13H2. The Morgan fingerprint density at radius 2 is 1.78 bits per heavy atom. The van der Waals surface area contributed by atoms with Crippen molar-refractivity contribution in [3.8, 4) is 10.6 Å². The van der Waals surface area contributed by atoms with Crippen molar-refractivity contribution in [1.82, 2.24) is 9.88 Å². The van der Waals surface area contributed by atoms with Crippen molar-refractivity contribution in [2.24, 2.45) is 0 Å². The summed E-state index contributed by atoms with van der Waals surface area (Å²) in [6.07, 6.45) is 2.78. The van der Waals surface area contributed by atoms with Crippen LogP contribution < -0.4 is 0 Å². The summed E-state index contributed by atoms with van der Waals surface area (Å²) in [6, 6.07) is 16.4. The first-order valence-electron chi connectivity index (χ1n) is 8.02. The van der Waals surface area contributed by atoms with Crippen LogP contribution in [0.4, 0.5) is 0 Å². The van der Waals surface area contributed by atoms with E-state index in [1.165, 1.54) is 4.70 Å². The molecule has 1 aliphatic rings. The number of thiazole rings is 1. The Morgan fingerprint density at radius 1 is 1.04 bits per heavy atom. The van der Waals surface area contributed by atoms with E-state index in [2.05, 4.69) is 35.3 Å². The van der Waals surface area contributed by atoms with E-state index in [-0.39, 0.29) is 5.91 Å². The van der Waals surface area contributed by atoms with E-state index in [4.69, 9.17) is 0 Å². The lowest BCUT2D eigenvalue weighted by Crippen LogP contribution is -2.28. The summed E-state index contributed by atoms with van der Waals surface area (Å²) in [5.41, 5.74) is 3.23. The third-order valence-corrected chi connectivity index (χ3v) is 5.39.